The van der Waals surface area contributed by atoms with Crippen molar-refractivity contribution in [2.24, 2.45) is 0 Å². The van der Waals surface area contributed by atoms with Gasteiger partial charge in [0.25, 0.3) is 12.0 Å². The number of hydrogen-bond acceptors (Lipinski definition) is 7. The van der Waals surface area contributed by atoms with Crippen molar-refractivity contribution in [3.8, 4) is 0 Å². The van der Waals surface area contributed by atoms with E-state index in [1.165, 1.54) is 6.33 Å². The van der Waals surface area contributed by atoms with E-state index in [1.54, 1.807) is 24.8 Å². The van der Waals surface area contributed by atoms with Gasteiger partial charge in [0.05, 0.1) is 35.5 Å². The molecular formula is C21H19F2N7O. The molecule has 0 bridgehead atoms. The van der Waals surface area contributed by atoms with E-state index >= 15 is 0 Å². The number of piperazine rings is 1. The summed E-state index contributed by atoms with van der Waals surface area (Å²) in [5.74, 6) is 0.895. The molecule has 0 radical (unpaired) electrons. The molecule has 1 fully saturated rings. The second kappa shape index (κ2) is 7.86. The zero-order valence-corrected chi connectivity index (χ0v) is 16.5. The van der Waals surface area contributed by atoms with Gasteiger partial charge in [-0.05, 0) is 24.3 Å². The summed E-state index contributed by atoms with van der Waals surface area (Å²) >= 11 is 0. The van der Waals surface area contributed by atoms with Crippen LogP contribution in [-0.2, 0) is 6.54 Å². The fraction of sp³-hybridized carbons (Fsp3) is 0.286. The van der Waals surface area contributed by atoms with Gasteiger partial charge < -0.3 is 9.80 Å². The number of hydrogen-bond donors (Lipinski definition) is 0. The number of benzene rings is 1. The Bertz CT molecular complexity index is 1300. The quantitative estimate of drug-likeness (QED) is 0.498. The van der Waals surface area contributed by atoms with Crippen molar-refractivity contribution < 1.29 is 8.78 Å². The van der Waals surface area contributed by atoms with Crippen LogP contribution < -0.4 is 15.4 Å². The van der Waals surface area contributed by atoms with E-state index in [1.807, 2.05) is 18.2 Å². The second-order valence-electron chi connectivity index (χ2n) is 7.36. The van der Waals surface area contributed by atoms with Crippen molar-refractivity contribution in [3.63, 3.8) is 0 Å². The minimum absolute atomic E-state index is 0.339. The van der Waals surface area contributed by atoms with Gasteiger partial charge in [0, 0.05) is 43.4 Å². The Hall–Kier alpha value is -3.69. The van der Waals surface area contributed by atoms with E-state index in [0.717, 1.165) is 53.2 Å². The highest BCUT2D eigenvalue weighted by atomic mass is 19.3. The highest BCUT2D eigenvalue weighted by Gasteiger charge is 2.21. The average Bonchev–Trinajstić information content (AvgIpc) is 2.80. The van der Waals surface area contributed by atoms with Gasteiger partial charge in [-0.25, -0.2) is 23.7 Å². The molecule has 0 unspecified atom stereocenters. The summed E-state index contributed by atoms with van der Waals surface area (Å²) < 4.78 is 26.2. The SMILES string of the molecule is O=c1c2ccc(N3CCN(c4ncnc5cnccc45)CC3)cc2ncn1CC(F)F. The summed E-state index contributed by atoms with van der Waals surface area (Å²) in [6.07, 6.45) is 3.61. The van der Waals surface area contributed by atoms with Crippen molar-refractivity contribution in [1.29, 1.82) is 0 Å². The minimum atomic E-state index is -2.60. The number of aromatic nitrogens is 5. The highest BCUT2D eigenvalue weighted by Crippen LogP contribution is 2.25. The average molecular weight is 423 g/mol. The molecule has 4 heterocycles. The molecule has 0 spiro atoms. The van der Waals surface area contributed by atoms with Gasteiger partial charge >= 0.3 is 0 Å². The maximum absolute atomic E-state index is 12.6. The molecule has 1 aliphatic heterocycles. The molecule has 0 amide bonds. The summed E-state index contributed by atoms with van der Waals surface area (Å²) in [6.45, 7) is 2.43. The Kier molecular flexibility index (Phi) is 4.89. The molecule has 0 aliphatic carbocycles. The topological polar surface area (TPSA) is 80.0 Å². The summed E-state index contributed by atoms with van der Waals surface area (Å²) in [4.78, 5) is 33.9. The lowest BCUT2D eigenvalue weighted by Gasteiger charge is -2.37. The van der Waals surface area contributed by atoms with Gasteiger partial charge in [-0.15, -0.1) is 0 Å². The molecule has 1 aromatic carbocycles. The number of pyridine rings is 1. The lowest BCUT2D eigenvalue weighted by molar-refractivity contribution is 0.125. The second-order valence-corrected chi connectivity index (χ2v) is 7.36. The van der Waals surface area contributed by atoms with Crippen molar-refractivity contribution in [3.05, 3.63) is 59.7 Å². The molecule has 4 aromatic rings. The van der Waals surface area contributed by atoms with Gasteiger partial charge in [0.2, 0.25) is 0 Å². The van der Waals surface area contributed by atoms with Crippen LogP contribution in [0.2, 0.25) is 0 Å². The van der Waals surface area contributed by atoms with Gasteiger partial charge in [0.1, 0.15) is 12.1 Å². The van der Waals surface area contributed by atoms with E-state index in [0.29, 0.717) is 10.9 Å². The highest BCUT2D eigenvalue weighted by molar-refractivity contribution is 5.88. The predicted molar refractivity (Wildman–Crippen MR) is 114 cm³/mol. The number of rotatable bonds is 4. The van der Waals surface area contributed by atoms with E-state index in [2.05, 4.69) is 29.7 Å². The molecule has 8 nitrogen and oxygen atoms in total. The predicted octanol–water partition coefficient (Wildman–Crippen LogP) is 2.33. The fourth-order valence-electron chi connectivity index (χ4n) is 3.94. The summed E-state index contributed by atoms with van der Waals surface area (Å²) in [7, 11) is 0. The van der Waals surface area contributed by atoms with Crippen molar-refractivity contribution in [2.75, 3.05) is 36.0 Å². The molecule has 1 saturated heterocycles. The number of alkyl halides is 2. The molecule has 5 rings (SSSR count). The third-order valence-corrected chi connectivity index (χ3v) is 5.51. The molecule has 0 saturated carbocycles. The first kappa shape index (κ1) is 19.3. The zero-order valence-electron chi connectivity index (χ0n) is 16.5. The molecular weight excluding hydrogens is 404 g/mol. The van der Waals surface area contributed by atoms with E-state index in [4.69, 9.17) is 0 Å². The number of fused-ring (bicyclic) bond motifs is 2. The lowest BCUT2D eigenvalue weighted by Crippen LogP contribution is -2.47. The molecule has 3 aromatic heterocycles. The van der Waals surface area contributed by atoms with E-state index in [-0.39, 0.29) is 0 Å². The van der Waals surface area contributed by atoms with Gasteiger partial charge in [-0.2, -0.15) is 0 Å². The van der Waals surface area contributed by atoms with Crippen molar-refractivity contribution in [2.45, 2.75) is 13.0 Å². The van der Waals surface area contributed by atoms with Crippen LogP contribution in [0.15, 0.2) is 54.1 Å². The Morgan fingerprint density at radius 3 is 2.55 bits per heavy atom. The normalized spacial score (nSPS) is 14.7. The molecule has 10 heteroatoms. The van der Waals surface area contributed by atoms with Crippen LogP contribution in [0.25, 0.3) is 21.8 Å². The van der Waals surface area contributed by atoms with Crippen LogP contribution in [0.1, 0.15) is 0 Å². The van der Waals surface area contributed by atoms with E-state index < -0.39 is 18.5 Å². The summed E-state index contributed by atoms with van der Waals surface area (Å²) in [6, 6.07) is 7.27. The Morgan fingerprint density at radius 2 is 1.74 bits per heavy atom. The Morgan fingerprint density at radius 1 is 0.935 bits per heavy atom. The summed E-state index contributed by atoms with van der Waals surface area (Å²) in [5, 5.41) is 1.31. The first-order valence-electron chi connectivity index (χ1n) is 9.92. The zero-order chi connectivity index (χ0) is 21.4. The number of nitrogens with zero attached hydrogens (tertiary/aromatic N) is 7. The first-order chi connectivity index (χ1) is 15.1. The molecule has 0 atom stereocenters. The third kappa shape index (κ3) is 3.65. The Labute approximate surface area is 175 Å². The Balaban J connectivity index is 1.36. The van der Waals surface area contributed by atoms with Crippen LogP contribution in [0, 0.1) is 0 Å². The largest absolute Gasteiger partial charge is 0.368 e. The summed E-state index contributed by atoms with van der Waals surface area (Å²) in [5.41, 5.74) is 1.81. The third-order valence-electron chi connectivity index (χ3n) is 5.51. The van der Waals surface area contributed by atoms with Gasteiger partial charge in [-0.1, -0.05) is 0 Å². The molecule has 158 valence electrons. The lowest BCUT2D eigenvalue weighted by atomic mass is 10.2. The molecule has 31 heavy (non-hydrogen) atoms. The maximum Gasteiger partial charge on any atom is 0.261 e. The van der Waals surface area contributed by atoms with Crippen LogP contribution in [0.5, 0.6) is 0 Å². The van der Waals surface area contributed by atoms with Crippen LogP contribution in [0.4, 0.5) is 20.3 Å². The van der Waals surface area contributed by atoms with Crippen molar-refractivity contribution in [1.82, 2.24) is 24.5 Å². The smallest absolute Gasteiger partial charge is 0.261 e. The maximum atomic E-state index is 12.6. The van der Waals surface area contributed by atoms with Crippen LogP contribution in [0.3, 0.4) is 0 Å². The van der Waals surface area contributed by atoms with Gasteiger partial charge in [-0.3, -0.25) is 14.3 Å². The minimum Gasteiger partial charge on any atom is -0.368 e. The standard InChI is InChI=1S/C21H19F2N7O/c22-19(23)11-30-13-27-17-9-14(1-2-16(17)21(30)31)28-5-7-29(8-6-28)20-15-3-4-24-10-18(15)25-12-26-20/h1-4,9-10,12-13,19H,5-8,11H2. The van der Waals surface area contributed by atoms with Gasteiger partial charge in [0.15, 0.2) is 0 Å². The molecule has 1 aliphatic rings. The van der Waals surface area contributed by atoms with Crippen LogP contribution >= 0.6 is 0 Å². The first-order valence-corrected chi connectivity index (χ1v) is 9.92. The van der Waals surface area contributed by atoms with Crippen molar-refractivity contribution >= 4 is 33.3 Å². The monoisotopic (exact) mass is 423 g/mol. The van der Waals surface area contributed by atoms with E-state index in [9.17, 15) is 13.6 Å². The fourth-order valence-corrected chi connectivity index (χ4v) is 3.94. The molecule has 0 N–H and O–H groups in total. The van der Waals surface area contributed by atoms with Crippen LogP contribution in [-0.4, -0.2) is 57.1 Å². The number of anilines is 2. The number of halogens is 2.